The summed E-state index contributed by atoms with van der Waals surface area (Å²) in [4.78, 5) is 13.5. The van der Waals surface area contributed by atoms with E-state index in [0.717, 1.165) is 24.5 Å². The summed E-state index contributed by atoms with van der Waals surface area (Å²) in [6.07, 6.45) is 3.93. The molecule has 2 aliphatic rings. The predicted molar refractivity (Wildman–Crippen MR) is 53.6 cm³/mol. The normalized spacial score (nSPS) is 31.4. The molecule has 0 unspecified atom stereocenters. The summed E-state index contributed by atoms with van der Waals surface area (Å²) in [5.41, 5.74) is 0. The van der Waals surface area contributed by atoms with Crippen molar-refractivity contribution in [2.24, 2.45) is 5.92 Å². The molecule has 14 heavy (non-hydrogen) atoms. The third-order valence-corrected chi connectivity index (χ3v) is 3.01. The van der Waals surface area contributed by atoms with Crippen molar-refractivity contribution in [2.45, 2.75) is 32.7 Å². The lowest BCUT2D eigenvalue weighted by atomic mass is 9.81. The van der Waals surface area contributed by atoms with Crippen LogP contribution in [0.25, 0.3) is 0 Å². The van der Waals surface area contributed by atoms with E-state index < -0.39 is 0 Å². The Hall–Kier alpha value is -0.990. The summed E-state index contributed by atoms with van der Waals surface area (Å²) < 4.78 is 5.35. The van der Waals surface area contributed by atoms with Crippen molar-refractivity contribution in [3.63, 3.8) is 0 Å². The van der Waals surface area contributed by atoms with E-state index in [0.29, 0.717) is 19.2 Å². The van der Waals surface area contributed by atoms with E-state index in [1.54, 1.807) is 6.08 Å². The molecule has 1 amide bonds. The molecule has 1 aliphatic heterocycles. The van der Waals surface area contributed by atoms with E-state index in [9.17, 15) is 4.79 Å². The number of nitrogens with zero attached hydrogens (tertiary/aromatic N) is 1. The SMILES string of the molecule is CCOC1=CC(=O)N(C2CC(C)C2)C1. The Bertz CT molecular complexity index is 266. The second-order valence-corrected chi connectivity index (χ2v) is 4.24. The lowest BCUT2D eigenvalue weighted by Gasteiger charge is -2.39. The molecule has 1 aliphatic carbocycles. The van der Waals surface area contributed by atoms with Crippen LogP contribution in [0.4, 0.5) is 0 Å². The van der Waals surface area contributed by atoms with Crippen LogP contribution < -0.4 is 0 Å². The molecular weight excluding hydrogens is 178 g/mol. The van der Waals surface area contributed by atoms with E-state index in [4.69, 9.17) is 4.74 Å². The molecule has 0 bridgehead atoms. The van der Waals surface area contributed by atoms with E-state index in [2.05, 4.69) is 6.92 Å². The van der Waals surface area contributed by atoms with Crippen molar-refractivity contribution in [1.82, 2.24) is 4.90 Å². The topological polar surface area (TPSA) is 29.5 Å². The molecule has 0 radical (unpaired) electrons. The first-order valence-corrected chi connectivity index (χ1v) is 5.34. The molecule has 2 rings (SSSR count). The molecule has 3 nitrogen and oxygen atoms in total. The summed E-state index contributed by atoms with van der Waals surface area (Å²) in [5.74, 6) is 1.74. The highest BCUT2D eigenvalue weighted by Gasteiger charge is 2.36. The van der Waals surface area contributed by atoms with Crippen molar-refractivity contribution >= 4 is 5.91 Å². The molecule has 0 spiro atoms. The Morgan fingerprint density at radius 1 is 1.57 bits per heavy atom. The van der Waals surface area contributed by atoms with Gasteiger partial charge >= 0.3 is 0 Å². The van der Waals surface area contributed by atoms with Crippen molar-refractivity contribution in [2.75, 3.05) is 13.2 Å². The predicted octanol–water partition coefficient (Wildman–Crippen LogP) is 1.55. The number of carbonyl (C=O) groups is 1. The highest BCUT2D eigenvalue weighted by atomic mass is 16.5. The molecule has 78 valence electrons. The monoisotopic (exact) mass is 195 g/mol. The average molecular weight is 195 g/mol. The van der Waals surface area contributed by atoms with Crippen LogP contribution in [0.5, 0.6) is 0 Å². The van der Waals surface area contributed by atoms with Gasteiger partial charge in [-0.25, -0.2) is 0 Å². The van der Waals surface area contributed by atoms with Crippen LogP contribution in [0.15, 0.2) is 11.8 Å². The van der Waals surface area contributed by atoms with E-state index >= 15 is 0 Å². The highest BCUT2D eigenvalue weighted by Crippen LogP contribution is 2.33. The molecular formula is C11H17NO2. The van der Waals surface area contributed by atoms with Gasteiger partial charge in [0.05, 0.1) is 13.2 Å². The minimum Gasteiger partial charge on any atom is -0.496 e. The molecule has 0 aromatic heterocycles. The molecule has 0 aromatic rings. The molecule has 0 atom stereocenters. The fourth-order valence-electron chi connectivity index (χ4n) is 2.21. The van der Waals surface area contributed by atoms with Crippen LogP contribution in [-0.4, -0.2) is 30.0 Å². The first kappa shape index (κ1) is 9.56. The molecule has 0 aromatic carbocycles. The Kier molecular flexibility index (Phi) is 2.48. The van der Waals surface area contributed by atoms with Gasteiger partial charge in [0.25, 0.3) is 5.91 Å². The van der Waals surface area contributed by atoms with Gasteiger partial charge in [0.2, 0.25) is 0 Å². The summed E-state index contributed by atoms with van der Waals surface area (Å²) >= 11 is 0. The quantitative estimate of drug-likeness (QED) is 0.683. The summed E-state index contributed by atoms with van der Waals surface area (Å²) in [7, 11) is 0. The Morgan fingerprint density at radius 2 is 2.29 bits per heavy atom. The van der Waals surface area contributed by atoms with Crippen LogP contribution in [0.2, 0.25) is 0 Å². The van der Waals surface area contributed by atoms with Gasteiger partial charge in [-0.2, -0.15) is 0 Å². The van der Waals surface area contributed by atoms with Crippen molar-refractivity contribution < 1.29 is 9.53 Å². The third-order valence-electron chi connectivity index (χ3n) is 3.01. The van der Waals surface area contributed by atoms with Gasteiger partial charge in [-0.1, -0.05) is 6.92 Å². The number of hydrogen-bond donors (Lipinski definition) is 0. The number of hydrogen-bond acceptors (Lipinski definition) is 2. The fraction of sp³-hybridized carbons (Fsp3) is 0.727. The first-order chi connectivity index (χ1) is 6.70. The van der Waals surface area contributed by atoms with Crippen LogP contribution in [-0.2, 0) is 9.53 Å². The lowest BCUT2D eigenvalue weighted by molar-refractivity contribution is -0.129. The van der Waals surface area contributed by atoms with Gasteiger partial charge in [-0.3, -0.25) is 4.79 Å². The molecule has 1 heterocycles. The first-order valence-electron chi connectivity index (χ1n) is 5.34. The van der Waals surface area contributed by atoms with Gasteiger partial charge in [0.1, 0.15) is 5.76 Å². The lowest BCUT2D eigenvalue weighted by Crippen LogP contribution is -2.45. The third kappa shape index (κ3) is 1.63. The van der Waals surface area contributed by atoms with Crippen LogP contribution in [0.1, 0.15) is 26.7 Å². The van der Waals surface area contributed by atoms with Gasteiger partial charge in [-0.05, 0) is 25.7 Å². The second-order valence-electron chi connectivity index (χ2n) is 4.24. The highest BCUT2D eigenvalue weighted by molar-refractivity contribution is 5.91. The van der Waals surface area contributed by atoms with Crippen LogP contribution in [0, 0.1) is 5.92 Å². The van der Waals surface area contributed by atoms with Crippen LogP contribution in [0.3, 0.4) is 0 Å². The summed E-state index contributed by atoms with van der Waals surface area (Å²) in [5, 5.41) is 0. The molecule has 0 N–H and O–H groups in total. The smallest absolute Gasteiger partial charge is 0.250 e. The zero-order chi connectivity index (χ0) is 10.1. The maximum Gasteiger partial charge on any atom is 0.250 e. The number of carbonyl (C=O) groups excluding carboxylic acids is 1. The second kappa shape index (κ2) is 3.64. The van der Waals surface area contributed by atoms with Gasteiger partial charge in [-0.15, -0.1) is 0 Å². The minimum absolute atomic E-state index is 0.130. The molecule has 3 heteroatoms. The maximum absolute atomic E-state index is 11.6. The van der Waals surface area contributed by atoms with Crippen molar-refractivity contribution in [1.29, 1.82) is 0 Å². The van der Waals surface area contributed by atoms with Gasteiger partial charge in [0.15, 0.2) is 0 Å². The standard InChI is InChI=1S/C11H17NO2/c1-3-14-10-6-11(13)12(7-10)9-4-8(2)5-9/h6,8-9H,3-5,7H2,1-2H3. The van der Waals surface area contributed by atoms with Crippen molar-refractivity contribution in [3.05, 3.63) is 11.8 Å². The largest absolute Gasteiger partial charge is 0.496 e. The maximum atomic E-state index is 11.6. The minimum atomic E-state index is 0.130. The van der Waals surface area contributed by atoms with E-state index in [1.165, 1.54) is 0 Å². The zero-order valence-electron chi connectivity index (χ0n) is 8.82. The molecule has 1 fully saturated rings. The Balaban J connectivity index is 1.90. The Morgan fingerprint density at radius 3 is 2.86 bits per heavy atom. The summed E-state index contributed by atoms with van der Waals surface area (Å²) in [6.45, 7) is 5.51. The number of ether oxygens (including phenoxy) is 1. The Labute approximate surface area is 84.7 Å². The van der Waals surface area contributed by atoms with E-state index in [-0.39, 0.29) is 5.91 Å². The zero-order valence-corrected chi connectivity index (χ0v) is 8.82. The fourth-order valence-corrected chi connectivity index (χ4v) is 2.21. The summed E-state index contributed by atoms with van der Waals surface area (Å²) in [6, 6.07) is 0.465. The van der Waals surface area contributed by atoms with Crippen LogP contribution >= 0.6 is 0 Å². The number of amides is 1. The van der Waals surface area contributed by atoms with Gasteiger partial charge < -0.3 is 9.64 Å². The van der Waals surface area contributed by atoms with E-state index in [1.807, 2.05) is 11.8 Å². The molecule has 1 saturated carbocycles. The van der Waals surface area contributed by atoms with Crippen molar-refractivity contribution in [3.8, 4) is 0 Å². The number of rotatable bonds is 3. The van der Waals surface area contributed by atoms with Gasteiger partial charge in [0, 0.05) is 12.1 Å². The average Bonchev–Trinajstić information content (AvgIpc) is 2.42. The molecule has 0 saturated heterocycles.